The van der Waals surface area contributed by atoms with Gasteiger partial charge in [-0.25, -0.2) is 9.59 Å². The molecule has 2 unspecified atom stereocenters. The highest BCUT2D eigenvalue weighted by Crippen LogP contribution is 2.32. The molecule has 0 saturated heterocycles. The van der Waals surface area contributed by atoms with Gasteiger partial charge in [0.15, 0.2) is 16.6 Å². The molecule has 10 heteroatoms. The van der Waals surface area contributed by atoms with Crippen molar-refractivity contribution in [3.63, 3.8) is 0 Å². The smallest absolute Gasteiger partial charge is 0.345 e. The molecule has 1 aromatic carbocycles. The van der Waals surface area contributed by atoms with Gasteiger partial charge in [0.25, 0.3) is 0 Å². The third-order valence-electron chi connectivity index (χ3n) is 5.39. The third-order valence-corrected chi connectivity index (χ3v) is 17.0. The Kier molecular flexibility index (Phi) is 12.1. The summed E-state index contributed by atoms with van der Waals surface area (Å²) in [5, 5.41) is 0. The Morgan fingerprint density at radius 2 is 1.49 bits per heavy atom. The number of esters is 2. The van der Waals surface area contributed by atoms with Crippen LogP contribution in [0.5, 0.6) is 5.75 Å². The van der Waals surface area contributed by atoms with E-state index < -0.39 is 37.1 Å². The topological polar surface area (TPSA) is 80.3 Å². The fourth-order valence-electron chi connectivity index (χ4n) is 3.30. The Labute approximate surface area is 214 Å². The van der Waals surface area contributed by atoms with Gasteiger partial charge in [0.1, 0.15) is 11.3 Å². The molecule has 0 spiro atoms. The van der Waals surface area contributed by atoms with Crippen LogP contribution < -0.4 is 4.74 Å². The SMILES string of the molecule is CCOC(=O)C(=Cc1cccc(OCC(C)[Si](C)(O[Si](C)(C)C)O[Si](C)(C)CC)c1)C(=O)OCC. The molecule has 0 aromatic heterocycles. The second-order valence-corrected chi connectivity index (χ2v) is 23.3. The van der Waals surface area contributed by atoms with Crippen LogP contribution in [0.3, 0.4) is 0 Å². The maximum Gasteiger partial charge on any atom is 0.345 e. The third kappa shape index (κ3) is 10.8. The summed E-state index contributed by atoms with van der Waals surface area (Å²) in [5.74, 6) is -0.791. The first-order valence-electron chi connectivity index (χ1n) is 12.4. The first kappa shape index (κ1) is 31.3. The average molecular weight is 541 g/mol. The summed E-state index contributed by atoms with van der Waals surface area (Å²) >= 11 is 0. The summed E-state index contributed by atoms with van der Waals surface area (Å²) in [5.41, 5.74) is 0.588. The monoisotopic (exact) mass is 540 g/mol. The summed E-state index contributed by atoms with van der Waals surface area (Å²) < 4.78 is 29.7. The molecule has 0 amide bonds. The standard InChI is InChI=1S/C25H44O7Si3/c1-11-28-24(26)23(25(27)29-12-2)18-21-15-14-16-22(17-21)30-19-20(4)35(10,31-33(5,6)7)32-34(8,9)13-3/h14-18,20H,11-13,19H2,1-10H3. The summed E-state index contributed by atoms with van der Waals surface area (Å²) in [6.45, 7) is 21.7. The average Bonchev–Trinajstić information content (AvgIpc) is 2.74. The van der Waals surface area contributed by atoms with Crippen molar-refractivity contribution in [3.05, 3.63) is 35.4 Å². The minimum atomic E-state index is -2.52. The van der Waals surface area contributed by atoms with Gasteiger partial charge in [-0.15, -0.1) is 0 Å². The molecule has 0 saturated carbocycles. The Morgan fingerprint density at radius 1 is 0.914 bits per heavy atom. The largest absolute Gasteiger partial charge is 0.493 e. The molecular formula is C25H44O7Si3. The van der Waals surface area contributed by atoms with Crippen molar-refractivity contribution in [2.45, 2.75) is 78.6 Å². The van der Waals surface area contributed by atoms with Gasteiger partial charge in [-0.3, -0.25) is 0 Å². The molecule has 0 heterocycles. The minimum absolute atomic E-state index is 0.0985. The van der Waals surface area contributed by atoms with Crippen molar-refractivity contribution >= 4 is 43.2 Å². The number of hydrogen-bond acceptors (Lipinski definition) is 7. The fraction of sp³-hybridized carbons (Fsp3) is 0.600. The lowest BCUT2D eigenvalue weighted by atomic mass is 10.1. The van der Waals surface area contributed by atoms with Gasteiger partial charge in [-0.2, -0.15) is 0 Å². The zero-order valence-electron chi connectivity index (χ0n) is 23.2. The Balaban J connectivity index is 3.12. The zero-order valence-corrected chi connectivity index (χ0v) is 26.2. The van der Waals surface area contributed by atoms with Crippen molar-refractivity contribution in [3.8, 4) is 5.75 Å². The Morgan fingerprint density at radius 3 is 1.97 bits per heavy atom. The number of hydrogen-bond donors (Lipinski definition) is 0. The zero-order chi connectivity index (χ0) is 26.9. The van der Waals surface area contributed by atoms with Crippen LogP contribution in [0.1, 0.15) is 33.3 Å². The molecule has 0 fully saturated rings. The predicted octanol–water partition coefficient (Wildman–Crippen LogP) is 6.13. The molecule has 1 aromatic rings. The van der Waals surface area contributed by atoms with Crippen molar-refractivity contribution in [1.82, 2.24) is 0 Å². The second-order valence-electron chi connectivity index (χ2n) is 10.2. The van der Waals surface area contributed by atoms with Crippen molar-refractivity contribution in [2.75, 3.05) is 19.8 Å². The van der Waals surface area contributed by atoms with E-state index in [4.69, 9.17) is 22.4 Å². The number of carbonyl (C=O) groups excluding carboxylic acids is 2. The number of benzene rings is 1. The van der Waals surface area contributed by atoms with Gasteiger partial charge in [0.2, 0.25) is 0 Å². The van der Waals surface area contributed by atoms with Crippen LogP contribution in [0.15, 0.2) is 29.8 Å². The summed E-state index contributed by atoms with van der Waals surface area (Å²) in [6.07, 6.45) is 1.47. The minimum Gasteiger partial charge on any atom is -0.493 e. The summed E-state index contributed by atoms with van der Waals surface area (Å²) in [4.78, 5) is 24.6. The number of carbonyl (C=O) groups is 2. The van der Waals surface area contributed by atoms with E-state index in [1.807, 2.05) is 12.1 Å². The van der Waals surface area contributed by atoms with Crippen LogP contribution in [-0.2, 0) is 27.3 Å². The van der Waals surface area contributed by atoms with Crippen molar-refractivity contribution < 1.29 is 32.0 Å². The lowest BCUT2D eigenvalue weighted by molar-refractivity contribution is -0.146. The van der Waals surface area contributed by atoms with E-state index >= 15 is 0 Å². The quantitative estimate of drug-likeness (QED) is 0.0923. The molecule has 0 aliphatic heterocycles. The van der Waals surface area contributed by atoms with Gasteiger partial charge in [-0.05, 0) is 82.9 Å². The van der Waals surface area contributed by atoms with Gasteiger partial charge >= 0.3 is 20.5 Å². The predicted molar refractivity (Wildman–Crippen MR) is 148 cm³/mol. The molecule has 2 atom stereocenters. The highest BCUT2D eigenvalue weighted by Gasteiger charge is 2.46. The van der Waals surface area contributed by atoms with E-state index in [1.54, 1.807) is 26.0 Å². The number of ether oxygens (including phenoxy) is 3. The van der Waals surface area contributed by atoms with Gasteiger partial charge in [0.05, 0.1) is 19.8 Å². The van der Waals surface area contributed by atoms with Gasteiger partial charge in [-0.1, -0.05) is 26.0 Å². The van der Waals surface area contributed by atoms with Crippen LogP contribution in [0.2, 0.25) is 50.9 Å². The van der Waals surface area contributed by atoms with Crippen LogP contribution in [-0.4, -0.2) is 57.0 Å². The highest BCUT2D eigenvalue weighted by atomic mass is 28.5. The maximum absolute atomic E-state index is 12.3. The van der Waals surface area contributed by atoms with Crippen molar-refractivity contribution in [2.24, 2.45) is 0 Å². The molecule has 0 aliphatic carbocycles. The molecule has 7 nitrogen and oxygen atoms in total. The lowest BCUT2D eigenvalue weighted by Gasteiger charge is -2.42. The maximum atomic E-state index is 12.3. The lowest BCUT2D eigenvalue weighted by Crippen LogP contribution is -2.56. The van der Waals surface area contributed by atoms with E-state index in [1.165, 1.54) is 6.08 Å². The van der Waals surface area contributed by atoms with E-state index in [-0.39, 0.29) is 24.3 Å². The molecular weight excluding hydrogens is 497 g/mol. The van der Waals surface area contributed by atoms with Crippen LogP contribution in [0, 0.1) is 0 Å². The molecule has 0 aliphatic rings. The summed E-state index contributed by atoms with van der Waals surface area (Å²) in [7, 11) is -6.19. The van der Waals surface area contributed by atoms with E-state index in [0.29, 0.717) is 17.9 Å². The molecule has 198 valence electrons. The second kappa shape index (κ2) is 13.5. The number of rotatable bonds is 14. The van der Waals surface area contributed by atoms with Crippen molar-refractivity contribution in [1.29, 1.82) is 0 Å². The van der Waals surface area contributed by atoms with E-state index in [9.17, 15) is 9.59 Å². The van der Waals surface area contributed by atoms with E-state index in [2.05, 4.69) is 53.1 Å². The van der Waals surface area contributed by atoms with Crippen LogP contribution in [0.4, 0.5) is 0 Å². The highest BCUT2D eigenvalue weighted by molar-refractivity contribution is 6.88. The van der Waals surface area contributed by atoms with Crippen LogP contribution >= 0.6 is 0 Å². The Bertz CT molecular complexity index is 860. The van der Waals surface area contributed by atoms with Gasteiger partial charge < -0.3 is 22.4 Å². The fourth-order valence-corrected chi connectivity index (χ4v) is 15.7. The molecule has 0 bridgehead atoms. The first-order valence-corrected chi connectivity index (χ1v) is 21.3. The first-order chi connectivity index (χ1) is 16.2. The van der Waals surface area contributed by atoms with Crippen LogP contribution in [0.25, 0.3) is 6.08 Å². The summed E-state index contributed by atoms with van der Waals surface area (Å²) in [6, 6.07) is 8.27. The van der Waals surface area contributed by atoms with E-state index in [0.717, 1.165) is 6.04 Å². The molecule has 0 radical (unpaired) electrons. The van der Waals surface area contributed by atoms with Gasteiger partial charge in [0, 0.05) is 5.54 Å². The molecule has 1 rings (SSSR count). The normalized spacial score (nSPS) is 14.5. The molecule has 35 heavy (non-hydrogen) atoms. The Hall–Kier alpha value is -1.73. The molecule has 0 N–H and O–H groups in total.